The molecule has 19 heavy (non-hydrogen) atoms. The van der Waals surface area contributed by atoms with E-state index in [1.165, 1.54) is 11.3 Å². The van der Waals surface area contributed by atoms with Gasteiger partial charge in [0.05, 0.1) is 3.79 Å². The first-order valence-electron chi connectivity index (χ1n) is 5.38. The van der Waals surface area contributed by atoms with E-state index >= 15 is 0 Å². The lowest BCUT2D eigenvalue weighted by Crippen LogP contribution is -1.96. The number of nitrogens with zero attached hydrogens (tertiary/aromatic N) is 2. The van der Waals surface area contributed by atoms with Crippen LogP contribution < -0.4 is 0 Å². The van der Waals surface area contributed by atoms with Crippen LogP contribution in [0.3, 0.4) is 0 Å². The van der Waals surface area contributed by atoms with Gasteiger partial charge in [-0.1, -0.05) is 6.92 Å². The molecule has 0 bridgehead atoms. The van der Waals surface area contributed by atoms with Crippen molar-refractivity contribution in [3.63, 3.8) is 0 Å². The summed E-state index contributed by atoms with van der Waals surface area (Å²) >= 11 is 5.85. The predicted molar refractivity (Wildman–Crippen MR) is 79.2 cm³/mol. The van der Waals surface area contributed by atoms with Gasteiger partial charge in [0, 0.05) is 11.3 Å². The van der Waals surface area contributed by atoms with Crippen molar-refractivity contribution in [1.29, 1.82) is 0 Å². The molecule has 2 aromatic rings. The molecule has 0 saturated heterocycles. The van der Waals surface area contributed by atoms with Gasteiger partial charge in [-0.05, 0) is 45.9 Å². The van der Waals surface area contributed by atoms with Crippen LogP contribution in [0, 0.1) is 0 Å². The van der Waals surface area contributed by atoms with Crippen LogP contribution in [-0.2, 0) is 11.2 Å². The number of hydrogen-bond donors (Lipinski definition) is 2. The Hall–Kier alpha value is -1.12. The van der Waals surface area contributed by atoms with Gasteiger partial charge in [-0.25, -0.2) is 9.78 Å². The van der Waals surface area contributed by atoms with Gasteiger partial charge in [-0.3, -0.25) is 5.10 Å². The highest BCUT2D eigenvalue weighted by molar-refractivity contribution is 9.11. The van der Waals surface area contributed by atoms with Crippen LogP contribution in [0.25, 0.3) is 6.08 Å². The molecule has 0 radical (unpaired) electrons. The molecular formula is C11H10BrN3O2S2. The third kappa shape index (κ3) is 3.92. The van der Waals surface area contributed by atoms with E-state index in [-0.39, 0.29) is 4.91 Å². The fourth-order valence-corrected chi connectivity index (χ4v) is 3.41. The number of rotatable bonds is 5. The zero-order valence-corrected chi connectivity index (χ0v) is 13.1. The second-order valence-electron chi connectivity index (χ2n) is 3.48. The Morgan fingerprint density at radius 3 is 2.95 bits per heavy atom. The number of hydrogen-bond acceptors (Lipinski definition) is 5. The van der Waals surface area contributed by atoms with Gasteiger partial charge in [0.15, 0.2) is 0 Å². The van der Waals surface area contributed by atoms with Crippen LogP contribution >= 0.6 is 39.0 Å². The molecule has 2 aromatic heterocycles. The summed E-state index contributed by atoms with van der Waals surface area (Å²) in [7, 11) is 0. The molecule has 0 atom stereocenters. The summed E-state index contributed by atoms with van der Waals surface area (Å²) in [6.07, 6.45) is 2.35. The molecule has 0 saturated carbocycles. The number of H-pyrrole nitrogens is 1. The number of halogens is 1. The summed E-state index contributed by atoms with van der Waals surface area (Å²) in [5.41, 5.74) is 0. The van der Waals surface area contributed by atoms with E-state index in [4.69, 9.17) is 0 Å². The van der Waals surface area contributed by atoms with E-state index in [2.05, 4.69) is 31.1 Å². The van der Waals surface area contributed by atoms with Crippen LogP contribution in [0.5, 0.6) is 0 Å². The minimum Gasteiger partial charge on any atom is -0.477 e. The van der Waals surface area contributed by atoms with E-state index in [0.29, 0.717) is 5.16 Å². The summed E-state index contributed by atoms with van der Waals surface area (Å²) in [5, 5.41) is 16.4. The van der Waals surface area contributed by atoms with Crippen LogP contribution in [0.15, 0.2) is 26.0 Å². The minimum atomic E-state index is -0.989. The fourth-order valence-electron chi connectivity index (χ4n) is 1.25. The Bertz CT molecular complexity index is 621. The average molecular weight is 360 g/mol. The maximum Gasteiger partial charge on any atom is 0.342 e. The van der Waals surface area contributed by atoms with Gasteiger partial charge in [0.25, 0.3) is 0 Å². The molecule has 0 unspecified atom stereocenters. The van der Waals surface area contributed by atoms with Gasteiger partial charge in [-0.2, -0.15) is 0 Å². The number of thiophene rings is 1. The number of aromatic nitrogens is 3. The summed E-state index contributed by atoms with van der Waals surface area (Å²) in [6.45, 7) is 1.95. The Labute approximate surface area is 126 Å². The second kappa shape index (κ2) is 6.36. The van der Waals surface area contributed by atoms with Gasteiger partial charge >= 0.3 is 5.97 Å². The first-order valence-corrected chi connectivity index (χ1v) is 7.80. The highest BCUT2D eigenvalue weighted by atomic mass is 79.9. The quantitative estimate of drug-likeness (QED) is 0.631. The Kier molecular flexibility index (Phi) is 4.78. The molecule has 0 fully saturated rings. The summed E-state index contributed by atoms with van der Waals surface area (Å²) < 4.78 is 0.958. The molecule has 2 N–H and O–H groups in total. The summed E-state index contributed by atoms with van der Waals surface area (Å²) in [5.74, 6) is -0.247. The molecule has 0 spiro atoms. The van der Waals surface area contributed by atoms with Crippen LogP contribution in [0.1, 0.15) is 17.6 Å². The normalized spacial score (nSPS) is 11.8. The van der Waals surface area contributed by atoms with E-state index in [0.717, 1.165) is 32.7 Å². The predicted octanol–water partition coefficient (Wildman–Crippen LogP) is 3.41. The lowest BCUT2D eigenvalue weighted by atomic mass is 10.4. The SMILES string of the molecule is CCc1nc(S/C(=C\c2ccc(Br)s2)C(=O)O)n[nH]1. The molecule has 5 nitrogen and oxygen atoms in total. The number of carbonyl (C=O) groups is 1. The number of nitrogens with one attached hydrogen (secondary N) is 1. The topological polar surface area (TPSA) is 78.9 Å². The third-order valence-electron chi connectivity index (χ3n) is 2.13. The molecule has 0 aliphatic heterocycles. The lowest BCUT2D eigenvalue weighted by Gasteiger charge is -1.97. The second-order valence-corrected chi connectivity index (χ2v) is 6.98. The highest BCUT2D eigenvalue weighted by Crippen LogP contribution is 2.29. The van der Waals surface area contributed by atoms with Crippen LogP contribution in [0.4, 0.5) is 0 Å². The van der Waals surface area contributed by atoms with Crippen LogP contribution in [-0.4, -0.2) is 26.3 Å². The number of thioether (sulfide) groups is 1. The van der Waals surface area contributed by atoms with E-state index in [1.807, 2.05) is 19.1 Å². The van der Waals surface area contributed by atoms with Gasteiger partial charge < -0.3 is 5.11 Å². The molecule has 0 aliphatic rings. The van der Waals surface area contributed by atoms with Crippen molar-refractivity contribution < 1.29 is 9.90 Å². The largest absolute Gasteiger partial charge is 0.477 e. The zero-order valence-electron chi connectivity index (χ0n) is 9.88. The Morgan fingerprint density at radius 1 is 1.63 bits per heavy atom. The van der Waals surface area contributed by atoms with Crippen molar-refractivity contribution in [2.75, 3.05) is 0 Å². The summed E-state index contributed by atoms with van der Waals surface area (Å²) in [4.78, 5) is 16.5. The first-order chi connectivity index (χ1) is 9.08. The fraction of sp³-hybridized carbons (Fsp3) is 0.182. The van der Waals surface area contributed by atoms with Gasteiger partial charge in [-0.15, -0.1) is 16.4 Å². The minimum absolute atomic E-state index is 0.191. The Morgan fingerprint density at radius 2 is 2.42 bits per heavy atom. The average Bonchev–Trinajstić information content (AvgIpc) is 2.97. The molecule has 100 valence electrons. The molecular weight excluding hydrogens is 350 g/mol. The van der Waals surface area contributed by atoms with Crippen molar-refractivity contribution in [2.24, 2.45) is 0 Å². The molecule has 0 aliphatic carbocycles. The number of aryl methyl sites for hydroxylation is 1. The van der Waals surface area contributed by atoms with Gasteiger partial charge in [0.2, 0.25) is 5.16 Å². The van der Waals surface area contributed by atoms with Gasteiger partial charge in [0.1, 0.15) is 10.7 Å². The lowest BCUT2D eigenvalue weighted by molar-refractivity contribution is -0.131. The number of aromatic amines is 1. The monoisotopic (exact) mass is 359 g/mol. The third-order valence-corrected chi connectivity index (χ3v) is 4.57. The zero-order chi connectivity index (χ0) is 13.8. The summed E-state index contributed by atoms with van der Waals surface area (Å²) in [6, 6.07) is 3.73. The van der Waals surface area contributed by atoms with Crippen molar-refractivity contribution in [2.45, 2.75) is 18.5 Å². The molecule has 2 heterocycles. The number of carboxylic acids is 1. The van der Waals surface area contributed by atoms with E-state index in [9.17, 15) is 9.90 Å². The van der Waals surface area contributed by atoms with E-state index < -0.39 is 5.97 Å². The number of aliphatic carboxylic acids is 1. The van der Waals surface area contributed by atoms with E-state index in [1.54, 1.807) is 6.08 Å². The molecule has 0 amide bonds. The molecule has 0 aromatic carbocycles. The highest BCUT2D eigenvalue weighted by Gasteiger charge is 2.13. The van der Waals surface area contributed by atoms with Crippen molar-refractivity contribution in [3.05, 3.63) is 31.5 Å². The maximum absolute atomic E-state index is 11.2. The maximum atomic E-state index is 11.2. The van der Waals surface area contributed by atoms with Crippen molar-refractivity contribution in [1.82, 2.24) is 15.2 Å². The van der Waals surface area contributed by atoms with Crippen molar-refractivity contribution >= 4 is 51.1 Å². The smallest absolute Gasteiger partial charge is 0.342 e. The standard InChI is InChI=1S/C11H10BrN3O2S2/c1-2-9-13-11(15-14-9)19-7(10(16)17)5-6-3-4-8(12)18-6/h3-5H,2H2,1H3,(H,16,17)(H,13,14,15)/b7-5-. The first kappa shape index (κ1) is 14.3. The number of carboxylic acid groups (broad SMARTS) is 1. The molecule has 2 rings (SSSR count). The van der Waals surface area contributed by atoms with Crippen LogP contribution in [0.2, 0.25) is 0 Å². The Balaban J connectivity index is 2.21. The van der Waals surface area contributed by atoms with Crippen molar-refractivity contribution in [3.8, 4) is 0 Å². The molecule has 8 heteroatoms.